The lowest BCUT2D eigenvalue weighted by Gasteiger charge is -2.34. The lowest BCUT2D eigenvalue weighted by atomic mass is 10.2. The van der Waals surface area contributed by atoms with Crippen LogP contribution >= 0.6 is 23.1 Å². The SMILES string of the molecule is O=c1cc2c(nn1CCN1CCN(c3nc4c(s3)COCC4)CC1)CCSC2. The van der Waals surface area contributed by atoms with Gasteiger partial charge in [-0.25, -0.2) is 9.67 Å². The zero-order chi connectivity index (χ0) is 18.9. The molecule has 28 heavy (non-hydrogen) atoms. The van der Waals surface area contributed by atoms with Gasteiger partial charge in [0.1, 0.15) is 0 Å². The van der Waals surface area contributed by atoms with Crippen LogP contribution in [-0.4, -0.2) is 64.7 Å². The van der Waals surface area contributed by atoms with Crippen molar-refractivity contribution in [1.82, 2.24) is 19.7 Å². The molecule has 3 aliphatic heterocycles. The van der Waals surface area contributed by atoms with Gasteiger partial charge in [0.25, 0.3) is 5.56 Å². The maximum atomic E-state index is 12.3. The van der Waals surface area contributed by atoms with E-state index in [0.717, 1.165) is 80.1 Å². The van der Waals surface area contributed by atoms with E-state index >= 15 is 0 Å². The largest absolute Gasteiger partial charge is 0.375 e. The predicted molar refractivity (Wildman–Crippen MR) is 112 cm³/mol. The fourth-order valence-electron chi connectivity index (χ4n) is 3.96. The van der Waals surface area contributed by atoms with Gasteiger partial charge in [-0.15, -0.1) is 0 Å². The second-order valence-electron chi connectivity index (χ2n) is 7.48. The molecule has 0 saturated carbocycles. The number of thioether (sulfide) groups is 1. The quantitative estimate of drug-likeness (QED) is 0.742. The van der Waals surface area contributed by atoms with Gasteiger partial charge in [-0.3, -0.25) is 9.69 Å². The number of thiazole rings is 1. The summed E-state index contributed by atoms with van der Waals surface area (Å²) in [5.74, 6) is 2.03. The van der Waals surface area contributed by atoms with Crippen LogP contribution in [-0.2, 0) is 36.5 Å². The van der Waals surface area contributed by atoms with Crippen molar-refractivity contribution in [3.63, 3.8) is 0 Å². The highest BCUT2D eigenvalue weighted by Crippen LogP contribution is 2.30. The summed E-state index contributed by atoms with van der Waals surface area (Å²) in [6.07, 6.45) is 1.91. The molecule has 0 bridgehead atoms. The van der Waals surface area contributed by atoms with E-state index in [2.05, 4.69) is 14.9 Å². The molecule has 9 heteroatoms. The van der Waals surface area contributed by atoms with E-state index in [1.54, 1.807) is 22.1 Å². The number of hydrogen-bond acceptors (Lipinski definition) is 8. The maximum absolute atomic E-state index is 12.3. The molecule has 0 aromatic carbocycles. The highest BCUT2D eigenvalue weighted by Gasteiger charge is 2.23. The van der Waals surface area contributed by atoms with Crippen LogP contribution in [0.25, 0.3) is 0 Å². The number of piperazine rings is 1. The van der Waals surface area contributed by atoms with E-state index < -0.39 is 0 Å². The Labute approximate surface area is 172 Å². The lowest BCUT2D eigenvalue weighted by molar-refractivity contribution is 0.112. The predicted octanol–water partition coefficient (Wildman–Crippen LogP) is 1.38. The zero-order valence-electron chi connectivity index (χ0n) is 15.9. The first-order valence-corrected chi connectivity index (χ1v) is 11.9. The fourth-order valence-corrected chi connectivity index (χ4v) is 6.01. The lowest BCUT2D eigenvalue weighted by Crippen LogP contribution is -2.47. The van der Waals surface area contributed by atoms with E-state index in [4.69, 9.17) is 9.72 Å². The summed E-state index contributed by atoms with van der Waals surface area (Å²) >= 11 is 3.67. The Morgan fingerprint density at radius 3 is 2.86 bits per heavy atom. The average molecular weight is 420 g/mol. The van der Waals surface area contributed by atoms with Crippen LogP contribution in [0.15, 0.2) is 10.9 Å². The van der Waals surface area contributed by atoms with E-state index in [1.165, 1.54) is 10.6 Å². The van der Waals surface area contributed by atoms with Crippen LogP contribution in [0.4, 0.5) is 5.13 Å². The third-order valence-corrected chi connectivity index (χ3v) is 7.80. The van der Waals surface area contributed by atoms with Crippen molar-refractivity contribution in [1.29, 1.82) is 0 Å². The monoisotopic (exact) mass is 419 g/mol. The van der Waals surface area contributed by atoms with Gasteiger partial charge >= 0.3 is 0 Å². The van der Waals surface area contributed by atoms with Crippen LogP contribution in [0.1, 0.15) is 21.8 Å². The molecule has 5 rings (SSSR count). The Kier molecular flexibility index (Phi) is 5.41. The molecular formula is C19H25N5O2S2. The molecule has 0 amide bonds. The minimum atomic E-state index is 0.0375. The number of fused-ring (bicyclic) bond motifs is 2. The van der Waals surface area contributed by atoms with Gasteiger partial charge in [-0.05, 0) is 11.3 Å². The van der Waals surface area contributed by atoms with Crippen LogP contribution in [0, 0.1) is 0 Å². The Bertz CT molecular complexity index is 881. The van der Waals surface area contributed by atoms with E-state index in [9.17, 15) is 4.79 Å². The molecule has 0 spiro atoms. The number of anilines is 1. The second kappa shape index (κ2) is 8.14. The summed E-state index contributed by atoms with van der Waals surface area (Å²) in [6.45, 7) is 7.01. The summed E-state index contributed by atoms with van der Waals surface area (Å²) in [6, 6.07) is 1.79. The van der Waals surface area contributed by atoms with E-state index in [-0.39, 0.29) is 5.56 Å². The number of aryl methyl sites for hydroxylation is 1. The maximum Gasteiger partial charge on any atom is 0.267 e. The van der Waals surface area contributed by atoms with Crippen LogP contribution in [0.5, 0.6) is 0 Å². The highest BCUT2D eigenvalue weighted by molar-refractivity contribution is 7.98. The minimum Gasteiger partial charge on any atom is -0.375 e. The second-order valence-corrected chi connectivity index (χ2v) is 9.65. The topological polar surface area (TPSA) is 63.5 Å². The van der Waals surface area contributed by atoms with Crippen LogP contribution in [0.3, 0.4) is 0 Å². The molecule has 2 aromatic rings. The van der Waals surface area contributed by atoms with E-state index in [0.29, 0.717) is 13.2 Å². The molecule has 3 aliphatic rings. The third kappa shape index (κ3) is 3.85. The van der Waals surface area contributed by atoms with Gasteiger partial charge in [0.15, 0.2) is 5.13 Å². The third-order valence-electron chi connectivity index (χ3n) is 5.66. The fraction of sp³-hybridized carbons (Fsp3) is 0.632. The van der Waals surface area contributed by atoms with Gasteiger partial charge < -0.3 is 9.64 Å². The molecule has 0 N–H and O–H groups in total. The summed E-state index contributed by atoms with van der Waals surface area (Å²) in [5.41, 5.74) is 3.50. The van der Waals surface area contributed by atoms with Gasteiger partial charge in [-0.1, -0.05) is 11.3 Å². The van der Waals surface area contributed by atoms with Gasteiger partial charge in [0.05, 0.1) is 36.0 Å². The van der Waals surface area contributed by atoms with Gasteiger partial charge in [0, 0.05) is 57.4 Å². The van der Waals surface area contributed by atoms with Crippen LogP contribution in [0.2, 0.25) is 0 Å². The molecule has 0 radical (unpaired) electrons. The minimum absolute atomic E-state index is 0.0375. The number of rotatable bonds is 4. The number of aromatic nitrogens is 3. The van der Waals surface area contributed by atoms with Crippen molar-refractivity contribution in [3.05, 3.63) is 38.2 Å². The molecular weight excluding hydrogens is 394 g/mol. The van der Waals surface area contributed by atoms with Crippen molar-refractivity contribution in [3.8, 4) is 0 Å². The molecule has 7 nitrogen and oxygen atoms in total. The first-order chi connectivity index (χ1) is 13.8. The summed E-state index contributed by atoms with van der Waals surface area (Å²) in [4.78, 5) is 23.3. The van der Waals surface area contributed by atoms with Crippen molar-refractivity contribution >= 4 is 28.2 Å². The summed E-state index contributed by atoms with van der Waals surface area (Å²) in [5, 5.41) is 5.77. The van der Waals surface area contributed by atoms with Crippen molar-refractivity contribution in [2.45, 2.75) is 31.7 Å². The molecule has 150 valence electrons. The molecule has 5 heterocycles. The van der Waals surface area contributed by atoms with Gasteiger partial charge in [-0.2, -0.15) is 16.9 Å². The number of hydrogen-bond donors (Lipinski definition) is 0. The number of ether oxygens (including phenoxy) is 1. The van der Waals surface area contributed by atoms with E-state index in [1.807, 2.05) is 11.8 Å². The van der Waals surface area contributed by atoms with Crippen molar-refractivity contribution < 1.29 is 4.74 Å². The molecule has 2 aromatic heterocycles. The Balaban J connectivity index is 1.17. The summed E-state index contributed by atoms with van der Waals surface area (Å²) in [7, 11) is 0. The summed E-state index contributed by atoms with van der Waals surface area (Å²) < 4.78 is 7.20. The first-order valence-electron chi connectivity index (χ1n) is 9.97. The molecule has 1 fully saturated rings. The first kappa shape index (κ1) is 18.6. The molecule has 1 saturated heterocycles. The molecule has 0 atom stereocenters. The zero-order valence-corrected chi connectivity index (χ0v) is 17.6. The molecule has 0 aliphatic carbocycles. The Morgan fingerprint density at radius 1 is 1.11 bits per heavy atom. The standard InChI is InChI=1S/C19H25N5O2S2/c25-18-11-14-13-27-10-2-15(14)21-24(18)8-5-22-3-6-23(7-4-22)19-20-16-1-9-26-12-17(16)28-19/h11H,1-10,12-13H2. The highest BCUT2D eigenvalue weighted by atomic mass is 32.2. The number of nitrogens with zero attached hydrogens (tertiary/aromatic N) is 5. The van der Waals surface area contributed by atoms with Gasteiger partial charge in [0.2, 0.25) is 0 Å². The normalized spacial score (nSPS) is 20.1. The van der Waals surface area contributed by atoms with Crippen molar-refractivity contribution in [2.75, 3.05) is 50.0 Å². The average Bonchev–Trinajstić information content (AvgIpc) is 3.17. The Morgan fingerprint density at radius 2 is 2.00 bits per heavy atom. The smallest absolute Gasteiger partial charge is 0.267 e. The van der Waals surface area contributed by atoms with Crippen molar-refractivity contribution in [2.24, 2.45) is 0 Å². The molecule has 0 unspecified atom stereocenters. The van der Waals surface area contributed by atoms with Crippen LogP contribution < -0.4 is 10.5 Å². The Hall–Kier alpha value is -1.42.